The fourth-order valence-corrected chi connectivity index (χ4v) is 1.99. The molecule has 1 aliphatic rings. The third kappa shape index (κ3) is 4.35. The first-order valence-corrected chi connectivity index (χ1v) is 7.08. The highest BCUT2D eigenvalue weighted by molar-refractivity contribution is 5.87. The minimum atomic E-state index is -0.977. The zero-order valence-electron chi connectivity index (χ0n) is 12.5. The van der Waals surface area contributed by atoms with Gasteiger partial charge in [0.1, 0.15) is 6.10 Å². The van der Waals surface area contributed by atoms with Crippen LogP contribution in [0, 0.1) is 11.6 Å². The topological polar surface area (TPSA) is 48.1 Å². The normalized spacial score (nSPS) is 18.5. The lowest BCUT2D eigenvalue weighted by molar-refractivity contribution is -0.137. The molecule has 0 radical (unpaired) electrons. The Balaban J connectivity index is 2.20. The van der Waals surface area contributed by atoms with Gasteiger partial charge in [-0.1, -0.05) is 6.07 Å². The van der Waals surface area contributed by atoms with Crippen LogP contribution in [0.1, 0.15) is 31.1 Å². The number of rotatable bonds is 7. The minimum absolute atomic E-state index is 0.0256. The van der Waals surface area contributed by atoms with Crippen molar-refractivity contribution in [3.05, 3.63) is 41.0 Å². The summed E-state index contributed by atoms with van der Waals surface area (Å²) >= 11 is 0. The molecule has 1 aliphatic heterocycles. The van der Waals surface area contributed by atoms with Crippen LogP contribution in [0.15, 0.2) is 18.2 Å². The van der Waals surface area contributed by atoms with Crippen LogP contribution in [-0.2, 0) is 19.0 Å². The fourth-order valence-electron chi connectivity index (χ4n) is 1.99. The Kier molecular flexibility index (Phi) is 5.63. The number of hydrogen-bond donors (Lipinski definition) is 0. The van der Waals surface area contributed by atoms with E-state index in [9.17, 15) is 13.6 Å². The molecule has 2 atom stereocenters. The number of epoxide rings is 1. The molecule has 0 aliphatic carbocycles. The van der Waals surface area contributed by atoms with Gasteiger partial charge in [0.2, 0.25) is 0 Å². The van der Waals surface area contributed by atoms with Crippen molar-refractivity contribution in [3.8, 4) is 0 Å². The Morgan fingerprint density at radius 2 is 2.23 bits per heavy atom. The molecule has 4 nitrogen and oxygen atoms in total. The van der Waals surface area contributed by atoms with Gasteiger partial charge < -0.3 is 14.2 Å². The van der Waals surface area contributed by atoms with E-state index in [2.05, 4.69) is 0 Å². The van der Waals surface area contributed by atoms with Gasteiger partial charge in [-0.2, -0.15) is 0 Å². The summed E-state index contributed by atoms with van der Waals surface area (Å²) in [7, 11) is 0. The summed E-state index contributed by atoms with van der Waals surface area (Å²) in [6.45, 7) is 4.49. The summed E-state index contributed by atoms with van der Waals surface area (Å²) < 4.78 is 42.8. The van der Waals surface area contributed by atoms with Crippen molar-refractivity contribution in [1.29, 1.82) is 0 Å². The highest BCUT2D eigenvalue weighted by Crippen LogP contribution is 2.28. The Morgan fingerprint density at radius 3 is 2.86 bits per heavy atom. The van der Waals surface area contributed by atoms with Crippen LogP contribution in [0.3, 0.4) is 0 Å². The molecular weight excluding hydrogens is 294 g/mol. The predicted octanol–water partition coefficient (Wildman–Crippen LogP) is 3.02. The standard InChI is InChI=1S/C16H18F2O4/c1-3-20-14(19)7-5-11-4-6-13(17)16(18)15(11)10(2)21-8-12-9-22-12/h4-7,10,12H,3,8-9H2,1-2H3/b7-5+. The van der Waals surface area contributed by atoms with Gasteiger partial charge in [-0.05, 0) is 31.6 Å². The number of carbonyl (C=O) groups is 1. The average Bonchev–Trinajstić information content (AvgIpc) is 3.30. The molecule has 1 aromatic carbocycles. The predicted molar refractivity (Wildman–Crippen MR) is 76.1 cm³/mol. The molecule has 0 bridgehead atoms. The zero-order valence-corrected chi connectivity index (χ0v) is 12.5. The molecule has 0 aromatic heterocycles. The van der Waals surface area contributed by atoms with Gasteiger partial charge in [-0.15, -0.1) is 0 Å². The van der Waals surface area contributed by atoms with Crippen LogP contribution >= 0.6 is 0 Å². The first-order chi connectivity index (χ1) is 10.5. The number of ether oxygens (including phenoxy) is 3. The number of halogens is 2. The molecule has 1 heterocycles. The van der Waals surface area contributed by atoms with Crippen molar-refractivity contribution < 1.29 is 27.8 Å². The second kappa shape index (κ2) is 7.47. The first-order valence-electron chi connectivity index (χ1n) is 7.08. The monoisotopic (exact) mass is 312 g/mol. The third-order valence-electron chi connectivity index (χ3n) is 3.19. The van der Waals surface area contributed by atoms with E-state index in [1.165, 1.54) is 18.2 Å². The SMILES string of the molecule is CCOC(=O)/C=C/c1ccc(F)c(F)c1C(C)OCC1CO1. The molecule has 22 heavy (non-hydrogen) atoms. The maximum absolute atomic E-state index is 14.1. The fraction of sp³-hybridized carbons (Fsp3) is 0.438. The lowest BCUT2D eigenvalue weighted by Gasteiger charge is -2.16. The molecule has 1 aromatic rings. The molecule has 0 N–H and O–H groups in total. The van der Waals surface area contributed by atoms with Crippen LogP contribution in [-0.4, -0.2) is 31.9 Å². The molecule has 2 rings (SSSR count). The lowest BCUT2D eigenvalue weighted by Crippen LogP contribution is -2.10. The maximum atomic E-state index is 14.1. The van der Waals surface area contributed by atoms with Crippen LogP contribution in [0.5, 0.6) is 0 Å². The van der Waals surface area contributed by atoms with Gasteiger partial charge in [0, 0.05) is 11.6 Å². The van der Waals surface area contributed by atoms with E-state index in [0.717, 1.165) is 6.07 Å². The number of hydrogen-bond acceptors (Lipinski definition) is 4. The van der Waals surface area contributed by atoms with Gasteiger partial charge >= 0.3 is 5.97 Å². The Hall–Kier alpha value is -1.79. The van der Waals surface area contributed by atoms with E-state index >= 15 is 0 Å². The van der Waals surface area contributed by atoms with Crippen molar-refractivity contribution in [3.63, 3.8) is 0 Å². The first kappa shape index (κ1) is 16.6. The molecule has 0 saturated carbocycles. The van der Waals surface area contributed by atoms with Crippen molar-refractivity contribution in [1.82, 2.24) is 0 Å². The van der Waals surface area contributed by atoms with Gasteiger partial charge in [0.15, 0.2) is 11.6 Å². The summed E-state index contributed by atoms with van der Waals surface area (Å²) in [5, 5.41) is 0. The smallest absolute Gasteiger partial charge is 0.330 e. The van der Waals surface area contributed by atoms with E-state index in [-0.39, 0.29) is 18.3 Å². The largest absolute Gasteiger partial charge is 0.463 e. The summed E-state index contributed by atoms with van der Waals surface area (Å²) in [6.07, 6.45) is 1.93. The Labute approximate surface area is 127 Å². The average molecular weight is 312 g/mol. The quantitative estimate of drug-likeness (QED) is 0.441. The van der Waals surface area contributed by atoms with Crippen molar-refractivity contribution in [2.24, 2.45) is 0 Å². The highest BCUT2D eigenvalue weighted by Gasteiger charge is 2.25. The minimum Gasteiger partial charge on any atom is -0.463 e. The van der Waals surface area contributed by atoms with E-state index in [0.29, 0.717) is 18.8 Å². The number of benzene rings is 1. The Morgan fingerprint density at radius 1 is 1.50 bits per heavy atom. The van der Waals surface area contributed by atoms with E-state index in [1.807, 2.05) is 0 Å². The van der Waals surface area contributed by atoms with Gasteiger partial charge in [-0.3, -0.25) is 0 Å². The van der Waals surface area contributed by atoms with E-state index < -0.39 is 23.7 Å². The molecule has 2 unspecified atom stereocenters. The van der Waals surface area contributed by atoms with Gasteiger partial charge in [-0.25, -0.2) is 13.6 Å². The molecule has 1 fully saturated rings. The number of esters is 1. The second-order valence-corrected chi connectivity index (χ2v) is 4.88. The van der Waals surface area contributed by atoms with Crippen LogP contribution < -0.4 is 0 Å². The van der Waals surface area contributed by atoms with Crippen LogP contribution in [0.2, 0.25) is 0 Å². The maximum Gasteiger partial charge on any atom is 0.330 e. The summed E-state index contributed by atoms with van der Waals surface area (Å²) in [5.41, 5.74) is 0.442. The van der Waals surface area contributed by atoms with Crippen LogP contribution in [0.4, 0.5) is 8.78 Å². The summed E-state index contributed by atoms with van der Waals surface area (Å²) in [5.74, 6) is -2.48. The molecule has 0 spiro atoms. The van der Waals surface area contributed by atoms with E-state index in [4.69, 9.17) is 14.2 Å². The molecule has 120 valence electrons. The molecule has 0 amide bonds. The highest BCUT2D eigenvalue weighted by atomic mass is 19.2. The zero-order chi connectivity index (χ0) is 16.1. The van der Waals surface area contributed by atoms with Crippen molar-refractivity contribution >= 4 is 12.0 Å². The van der Waals surface area contributed by atoms with E-state index in [1.54, 1.807) is 13.8 Å². The van der Waals surface area contributed by atoms with Crippen molar-refractivity contribution in [2.45, 2.75) is 26.1 Å². The molecule has 1 saturated heterocycles. The lowest BCUT2D eigenvalue weighted by atomic mass is 10.0. The number of carbonyl (C=O) groups excluding carboxylic acids is 1. The van der Waals surface area contributed by atoms with Gasteiger partial charge in [0.25, 0.3) is 0 Å². The van der Waals surface area contributed by atoms with Crippen molar-refractivity contribution in [2.75, 3.05) is 19.8 Å². The summed E-state index contributed by atoms with van der Waals surface area (Å²) in [4.78, 5) is 11.3. The van der Waals surface area contributed by atoms with Gasteiger partial charge in [0.05, 0.1) is 25.9 Å². The molecule has 6 heteroatoms. The summed E-state index contributed by atoms with van der Waals surface area (Å²) in [6, 6.07) is 2.41. The Bertz CT molecular complexity index is 568. The molecular formula is C16H18F2O4. The van der Waals surface area contributed by atoms with Crippen LogP contribution in [0.25, 0.3) is 6.08 Å². The second-order valence-electron chi connectivity index (χ2n) is 4.88. The third-order valence-corrected chi connectivity index (χ3v) is 3.19.